The number of nitrogens with one attached hydrogen (secondary N) is 2. The molecule has 150 valence electrons. The van der Waals surface area contributed by atoms with Crippen LogP contribution in [0.25, 0.3) is 0 Å². The smallest absolute Gasteiger partial charge is 0.244 e. The van der Waals surface area contributed by atoms with Crippen LogP contribution in [0, 0.1) is 37.0 Å². The van der Waals surface area contributed by atoms with Crippen LogP contribution >= 0.6 is 0 Å². The molecule has 0 atom stereocenters. The molecule has 4 fully saturated rings. The average molecular weight is 381 g/mol. The van der Waals surface area contributed by atoms with Gasteiger partial charge in [-0.15, -0.1) is 0 Å². The molecule has 1 aromatic rings. The summed E-state index contributed by atoms with van der Waals surface area (Å²) in [6.45, 7) is 6.07. The van der Waals surface area contributed by atoms with Gasteiger partial charge in [-0.1, -0.05) is 23.8 Å². The molecule has 1 aromatic carbocycles. The number of carbonyl (C=O) groups excluding carboxylic acids is 2. The second kappa shape index (κ2) is 7.38. The number of hydrogen-bond donors (Lipinski definition) is 2. The van der Waals surface area contributed by atoms with E-state index >= 15 is 0 Å². The Hall–Kier alpha value is -2.10. The summed E-state index contributed by atoms with van der Waals surface area (Å²) < 4.78 is 0. The van der Waals surface area contributed by atoms with Crippen LogP contribution in [0.1, 0.15) is 56.6 Å². The van der Waals surface area contributed by atoms with Gasteiger partial charge in [0.1, 0.15) is 0 Å². The largest absolute Gasteiger partial charge is 0.343 e. The number of para-hydroxylation sites is 1. The van der Waals surface area contributed by atoms with E-state index in [4.69, 9.17) is 0 Å². The van der Waals surface area contributed by atoms with Crippen molar-refractivity contribution in [2.75, 3.05) is 11.9 Å². The van der Waals surface area contributed by atoms with E-state index in [0.29, 0.717) is 0 Å². The van der Waals surface area contributed by atoms with E-state index in [1.165, 1.54) is 44.1 Å². The Morgan fingerprint density at radius 1 is 1.04 bits per heavy atom. The highest BCUT2D eigenvalue weighted by molar-refractivity contribution is 5.97. The first kappa shape index (κ1) is 19.2. The molecule has 0 aromatic heterocycles. The highest BCUT2D eigenvalue weighted by atomic mass is 16.2. The second-order valence-electron chi connectivity index (χ2n) is 9.56. The Labute approximate surface area is 168 Å². The normalized spacial score (nSPS) is 31.0. The Morgan fingerprint density at radius 2 is 1.57 bits per heavy atom. The lowest BCUT2D eigenvalue weighted by atomic mass is 9.48. The van der Waals surface area contributed by atoms with E-state index in [9.17, 15) is 9.59 Å². The fourth-order valence-electron chi connectivity index (χ4n) is 6.36. The zero-order chi connectivity index (χ0) is 19.9. The molecule has 0 spiro atoms. The highest BCUT2D eigenvalue weighted by Gasteiger charge is 2.51. The van der Waals surface area contributed by atoms with Gasteiger partial charge < -0.3 is 10.6 Å². The molecule has 4 aliphatic carbocycles. The molecule has 0 unspecified atom stereocenters. The van der Waals surface area contributed by atoms with E-state index in [0.717, 1.165) is 34.6 Å². The number of benzene rings is 1. The van der Waals surface area contributed by atoms with Crippen LogP contribution in [0.3, 0.4) is 0 Å². The van der Waals surface area contributed by atoms with E-state index in [-0.39, 0.29) is 23.8 Å². The maximum absolute atomic E-state index is 12.5. The van der Waals surface area contributed by atoms with Crippen molar-refractivity contribution in [3.05, 3.63) is 41.0 Å². The van der Waals surface area contributed by atoms with Gasteiger partial charge in [0, 0.05) is 11.8 Å². The fourth-order valence-corrected chi connectivity index (χ4v) is 6.36. The van der Waals surface area contributed by atoms with Crippen LogP contribution < -0.4 is 10.6 Å². The number of carbonyl (C=O) groups is 2. The lowest BCUT2D eigenvalue weighted by Crippen LogP contribution is -2.46. The van der Waals surface area contributed by atoms with Gasteiger partial charge in [0.15, 0.2) is 0 Å². The van der Waals surface area contributed by atoms with Crippen LogP contribution in [-0.4, -0.2) is 18.4 Å². The van der Waals surface area contributed by atoms with Gasteiger partial charge in [-0.3, -0.25) is 9.59 Å². The highest BCUT2D eigenvalue weighted by Crippen LogP contribution is 2.62. The molecule has 2 amide bonds. The molecule has 4 bridgehead atoms. The van der Waals surface area contributed by atoms with Gasteiger partial charge in [-0.05, 0) is 93.6 Å². The van der Waals surface area contributed by atoms with Crippen molar-refractivity contribution in [2.45, 2.75) is 59.3 Å². The zero-order valence-corrected chi connectivity index (χ0v) is 17.3. The maximum Gasteiger partial charge on any atom is 0.244 e. The molecule has 28 heavy (non-hydrogen) atoms. The van der Waals surface area contributed by atoms with Crippen molar-refractivity contribution in [3.63, 3.8) is 0 Å². The average Bonchev–Trinajstić information content (AvgIpc) is 2.62. The van der Waals surface area contributed by atoms with Crippen molar-refractivity contribution in [1.82, 2.24) is 5.32 Å². The predicted molar refractivity (Wildman–Crippen MR) is 112 cm³/mol. The topological polar surface area (TPSA) is 58.2 Å². The van der Waals surface area contributed by atoms with Gasteiger partial charge in [0.25, 0.3) is 0 Å². The van der Waals surface area contributed by atoms with Crippen LogP contribution in [0.5, 0.6) is 0 Å². The molecule has 0 aliphatic heterocycles. The summed E-state index contributed by atoms with van der Waals surface area (Å²) in [4.78, 5) is 24.8. The molecule has 4 saturated carbocycles. The molecule has 4 aliphatic rings. The van der Waals surface area contributed by atoms with Crippen molar-refractivity contribution in [2.24, 2.45) is 23.2 Å². The molecule has 0 heterocycles. The molecule has 2 N–H and O–H groups in total. The van der Waals surface area contributed by atoms with Gasteiger partial charge >= 0.3 is 0 Å². The Morgan fingerprint density at radius 3 is 2.11 bits per heavy atom. The van der Waals surface area contributed by atoms with Crippen molar-refractivity contribution in [1.29, 1.82) is 0 Å². The Kier molecular flexibility index (Phi) is 5.07. The number of hydrogen-bond acceptors (Lipinski definition) is 2. The van der Waals surface area contributed by atoms with E-state index in [1.54, 1.807) is 6.08 Å². The van der Waals surface area contributed by atoms with Crippen LogP contribution in [0.4, 0.5) is 5.69 Å². The van der Waals surface area contributed by atoms with Gasteiger partial charge in [0.05, 0.1) is 6.54 Å². The molecule has 4 nitrogen and oxygen atoms in total. The summed E-state index contributed by atoms with van der Waals surface area (Å²) in [7, 11) is 0. The maximum atomic E-state index is 12.5. The number of amides is 2. The standard InChI is InChI=1S/C24H32N2O2/c1-15-5-4-6-16(2)23(15)26-22(28)14-25-21(27)7-17(3)24-11-18-8-19(12-24)10-20(9-18)13-24/h4-7,18-20H,8-14H2,1-3H3,(H,25,27)(H,26,28)/b17-7-. The quantitative estimate of drug-likeness (QED) is 0.738. The number of anilines is 1. The van der Waals surface area contributed by atoms with Crippen LogP contribution in [0.15, 0.2) is 29.8 Å². The summed E-state index contributed by atoms with van der Waals surface area (Å²) in [6, 6.07) is 5.91. The lowest BCUT2D eigenvalue weighted by molar-refractivity contribution is -0.121. The Balaban J connectivity index is 1.34. The first-order valence-corrected chi connectivity index (χ1v) is 10.7. The minimum atomic E-state index is -0.188. The molecule has 0 radical (unpaired) electrons. The molecular weight excluding hydrogens is 348 g/mol. The van der Waals surface area contributed by atoms with Gasteiger partial charge in [0.2, 0.25) is 11.8 Å². The van der Waals surface area contributed by atoms with Crippen molar-refractivity contribution >= 4 is 17.5 Å². The minimum absolute atomic E-state index is 0.00272. The summed E-state index contributed by atoms with van der Waals surface area (Å²) in [5.74, 6) is 2.25. The summed E-state index contributed by atoms with van der Waals surface area (Å²) in [5.41, 5.74) is 4.35. The van der Waals surface area contributed by atoms with E-state index < -0.39 is 0 Å². The van der Waals surface area contributed by atoms with Crippen LogP contribution in [-0.2, 0) is 9.59 Å². The van der Waals surface area contributed by atoms with Gasteiger partial charge in [-0.25, -0.2) is 0 Å². The SMILES string of the molecule is C/C(=C/C(=O)NCC(=O)Nc1c(C)cccc1C)C12CC3CC(CC(C3)C1)C2. The number of rotatable bonds is 5. The minimum Gasteiger partial charge on any atom is -0.343 e. The first-order chi connectivity index (χ1) is 13.3. The van der Waals surface area contributed by atoms with Crippen molar-refractivity contribution < 1.29 is 9.59 Å². The number of allylic oxidation sites excluding steroid dienone is 1. The fraction of sp³-hybridized carbons (Fsp3) is 0.583. The van der Waals surface area contributed by atoms with E-state index in [2.05, 4.69) is 17.6 Å². The third-order valence-electron chi connectivity index (χ3n) is 7.39. The third-order valence-corrected chi connectivity index (χ3v) is 7.39. The number of aryl methyl sites for hydroxylation is 2. The Bertz CT molecular complexity index is 768. The molecule has 0 saturated heterocycles. The third kappa shape index (κ3) is 3.74. The van der Waals surface area contributed by atoms with Crippen molar-refractivity contribution in [3.8, 4) is 0 Å². The summed E-state index contributed by atoms with van der Waals surface area (Å²) >= 11 is 0. The van der Waals surface area contributed by atoms with Crippen LogP contribution in [0.2, 0.25) is 0 Å². The predicted octanol–water partition coefficient (Wildman–Crippen LogP) is 4.52. The lowest BCUT2D eigenvalue weighted by Gasteiger charge is -2.57. The zero-order valence-electron chi connectivity index (χ0n) is 17.3. The van der Waals surface area contributed by atoms with E-state index in [1.807, 2.05) is 32.0 Å². The summed E-state index contributed by atoms with van der Waals surface area (Å²) in [6.07, 6.45) is 9.72. The molecule has 5 rings (SSSR count). The monoisotopic (exact) mass is 380 g/mol. The molecule has 4 heteroatoms. The molecular formula is C24H32N2O2. The summed E-state index contributed by atoms with van der Waals surface area (Å²) in [5, 5.41) is 5.70. The second-order valence-corrected chi connectivity index (χ2v) is 9.56. The van der Waals surface area contributed by atoms with Gasteiger partial charge in [-0.2, -0.15) is 0 Å². The first-order valence-electron chi connectivity index (χ1n) is 10.7.